The maximum absolute atomic E-state index is 13.1. The van der Waals surface area contributed by atoms with Crippen LogP contribution in [-0.2, 0) is 0 Å². The van der Waals surface area contributed by atoms with Gasteiger partial charge in [0.25, 0.3) is 0 Å². The van der Waals surface area contributed by atoms with Crippen LogP contribution in [0, 0.1) is 12.7 Å². The molecule has 0 saturated carbocycles. The summed E-state index contributed by atoms with van der Waals surface area (Å²) in [4.78, 5) is 0. The van der Waals surface area contributed by atoms with Gasteiger partial charge in [-0.05, 0) is 31.0 Å². The van der Waals surface area contributed by atoms with Gasteiger partial charge in [0.05, 0.1) is 12.4 Å². The van der Waals surface area contributed by atoms with E-state index in [0.29, 0.717) is 18.7 Å². The molecule has 1 aromatic carbocycles. The van der Waals surface area contributed by atoms with Crippen molar-refractivity contribution in [2.75, 3.05) is 18.5 Å². The van der Waals surface area contributed by atoms with Crippen LogP contribution in [0.5, 0.6) is 0 Å². The molecule has 0 aliphatic carbocycles. The number of aryl methyl sites for hydroxylation is 1. The minimum Gasteiger partial charge on any atom is -0.383 e. The first-order valence-electron chi connectivity index (χ1n) is 4.30. The van der Waals surface area contributed by atoms with Gasteiger partial charge in [0, 0.05) is 6.54 Å². The molecule has 3 heteroatoms. The molecule has 0 heterocycles. The van der Waals surface area contributed by atoms with Crippen molar-refractivity contribution < 1.29 is 8.78 Å². The number of rotatable bonds is 4. The Morgan fingerprint density at radius 2 is 2.15 bits per heavy atom. The Hall–Kier alpha value is -1.12. The smallest absolute Gasteiger partial charge is 0.146 e. The summed E-state index contributed by atoms with van der Waals surface area (Å²) in [5.41, 5.74) is 1.33. The van der Waals surface area contributed by atoms with E-state index in [-0.39, 0.29) is 12.5 Å². The molecule has 0 saturated heterocycles. The Balaban J connectivity index is 2.56. The number of hydrogen-bond donors (Lipinski definition) is 1. The van der Waals surface area contributed by atoms with Gasteiger partial charge in [0.2, 0.25) is 0 Å². The van der Waals surface area contributed by atoms with Crippen molar-refractivity contribution in [1.29, 1.82) is 0 Å². The first-order chi connectivity index (χ1) is 6.24. The lowest BCUT2D eigenvalue weighted by Gasteiger charge is -2.06. The third-order valence-corrected chi connectivity index (χ3v) is 1.75. The van der Waals surface area contributed by atoms with Crippen LogP contribution >= 0.6 is 0 Å². The van der Waals surface area contributed by atoms with Crippen molar-refractivity contribution in [3.8, 4) is 0 Å². The fourth-order valence-electron chi connectivity index (χ4n) is 1.05. The van der Waals surface area contributed by atoms with Gasteiger partial charge >= 0.3 is 0 Å². The molecule has 0 atom stereocenters. The van der Waals surface area contributed by atoms with Crippen LogP contribution in [0.1, 0.15) is 12.0 Å². The van der Waals surface area contributed by atoms with Gasteiger partial charge in [0.15, 0.2) is 0 Å². The summed E-state index contributed by atoms with van der Waals surface area (Å²) in [5, 5.41) is 2.83. The van der Waals surface area contributed by atoms with Crippen LogP contribution < -0.4 is 5.32 Å². The predicted molar refractivity (Wildman–Crippen MR) is 50.2 cm³/mol. The van der Waals surface area contributed by atoms with Gasteiger partial charge in [-0.1, -0.05) is 6.07 Å². The summed E-state index contributed by atoms with van der Waals surface area (Å²) in [6.45, 7) is 1.92. The van der Waals surface area contributed by atoms with E-state index in [9.17, 15) is 8.78 Å². The highest BCUT2D eigenvalue weighted by Gasteiger charge is 1.99. The molecule has 1 rings (SSSR count). The standard InChI is InChI=1S/C10H13F2N/c1-8-3-4-10(9(12)7-8)13-6-2-5-11/h3-4,7,13H,2,5-6H2,1H3. The molecule has 1 aromatic rings. The largest absolute Gasteiger partial charge is 0.383 e. The van der Waals surface area contributed by atoms with Crippen LogP contribution in [0.3, 0.4) is 0 Å². The van der Waals surface area contributed by atoms with Crippen molar-refractivity contribution in [2.45, 2.75) is 13.3 Å². The number of nitrogens with one attached hydrogen (secondary N) is 1. The third-order valence-electron chi connectivity index (χ3n) is 1.75. The molecular weight excluding hydrogens is 172 g/mol. The molecule has 0 bridgehead atoms. The number of anilines is 1. The van der Waals surface area contributed by atoms with E-state index < -0.39 is 0 Å². The highest BCUT2D eigenvalue weighted by atomic mass is 19.1. The molecule has 0 aromatic heterocycles. The highest BCUT2D eigenvalue weighted by molar-refractivity contribution is 5.45. The van der Waals surface area contributed by atoms with Crippen LogP contribution in [0.15, 0.2) is 18.2 Å². The summed E-state index contributed by atoms with van der Waals surface area (Å²) in [5.74, 6) is -0.279. The normalized spacial score (nSPS) is 10.1. The van der Waals surface area contributed by atoms with Gasteiger partial charge in [-0.2, -0.15) is 0 Å². The molecular formula is C10H13F2N. The van der Waals surface area contributed by atoms with Crippen LogP contribution in [0.2, 0.25) is 0 Å². The number of alkyl halides is 1. The van der Waals surface area contributed by atoms with E-state index in [0.717, 1.165) is 5.56 Å². The second-order valence-corrected chi connectivity index (χ2v) is 2.95. The Bertz CT molecular complexity index is 274. The summed E-state index contributed by atoms with van der Waals surface area (Å²) in [6.07, 6.45) is 0.410. The summed E-state index contributed by atoms with van der Waals surface area (Å²) in [6, 6.07) is 4.95. The molecule has 0 unspecified atom stereocenters. The van der Waals surface area contributed by atoms with Gasteiger partial charge in [-0.15, -0.1) is 0 Å². The number of hydrogen-bond acceptors (Lipinski definition) is 1. The average molecular weight is 185 g/mol. The van der Waals surface area contributed by atoms with Crippen molar-refractivity contribution in [2.24, 2.45) is 0 Å². The molecule has 0 radical (unpaired) electrons. The molecule has 0 amide bonds. The molecule has 0 spiro atoms. The highest BCUT2D eigenvalue weighted by Crippen LogP contribution is 2.14. The maximum Gasteiger partial charge on any atom is 0.146 e. The third kappa shape index (κ3) is 3.01. The van der Waals surface area contributed by atoms with Crippen molar-refractivity contribution in [1.82, 2.24) is 0 Å². The van der Waals surface area contributed by atoms with Crippen LogP contribution in [0.25, 0.3) is 0 Å². The first kappa shape index (κ1) is 9.96. The Morgan fingerprint density at radius 3 is 2.77 bits per heavy atom. The van der Waals surface area contributed by atoms with Crippen molar-refractivity contribution >= 4 is 5.69 Å². The van der Waals surface area contributed by atoms with Gasteiger partial charge < -0.3 is 5.32 Å². The van der Waals surface area contributed by atoms with Crippen LogP contribution in [0.4, 0.5) is 14.5 Å². The minimum atomic E-state index is -0.375. The monoisotopic (exact) mass is 185 g/mol. The maximum atomic E-state index is 13.1. The lowest BCUT2D eigenvalue weighted by Crippen LogP contribution is -2.03. The van der Waals surface area contributed by atoms with E-state index in [4.69, 9.17) is 0 Å². The summed E-state index contributed by atoms with van der Waals surface area (Å²) in [7, 11) is 0. The number of benzene rings is 1. The zero-order valence-corrected chi connectivity index (χ0v) is 7.61. The van der Waals surface area contributed by atoms with Gasteiger partial charge in [-0.3, -0.25) is 4.39 Å². The summed E-state index contributed by atoms with van der Waals surface area (Å²) >= 11 is 0. The molecule has 0 aliphatic rings. The predicted octanol–water partition coefficient (Wildman–Crippen LogP) is 2.91. The van der Waals surface area contributed by atoms with E-state index in [2.05, 4.69) is 5.32 Å². The molecule has 0 fully saturated rings. The van der Waals surface area contributed by atoms with E-state index in [1.165, 1.54) is 6.07 Å². The minimum absolute atomic E-state index is 0.279. The molecule has 72 valence electrons. The average Bonchev–Trinajstić information content (AvgIpc) is 2.09. The molecule has 1 N–H and O–H groups in total. The van der Waals surface area contributed by atoms with E-state index in [1.807, 2.05) is 13.0 Å². The first-order valence-corrected chi connectivity index (χ1v) is 4.30. The number of halogens is 2. The molecule has 1 nitrogen and oxygen atoms in total. The van der Waals surface area contributed by atoms with Crippen molar-refractivity contribution in [3.05, 3.63) is 29.6 Å². The quantitative estimate of drug-likeness (QED) is 0.711. The van der Waals surface area contributed by atoms with Crippen molar-refractivity contribution in [3.63, 3.8) is 0 Å². The van der Waals surface area contributed by atoms with Crippen LogP contribution in [-0.4, -0.2) is 13.2 Å². The lowest BCUT2D eigenvalue weighted by atomic mass is 10.2. The Morgan fingerprint density at radius 1 is 1.38 bits per heavy atom. The fourth-order valence-corrected chi connectivity index (χ4v) is 1.05. The lowest BCUT2D eigenvalue weighted by molar-refractivity contribution is 0.480. The Kier molecular flexibility index (Phi) is 3.68. The SMILES string of the molecule is Cc1ccc(NCCCF)c(F)c1. The topological polar surface area (TPSA) is 12.0 Å². The van der Waals surface area contributed by atoms with Gasteiger partial charge in [0.1, 0.15) is 5.82 Å². The second kappa shape index (κ2) is 4.80. The zero-order valence-electron chi connectivity index (χ0n) is 7.61. The zero-order chi connectivity index (χ0) is 9.68. The Labute approximate surface area is 76.8 Å². The van der Waals surface area contributed by atoms with E-state index >= 15 is 0 Å². The molecule has 13 heavy (non-hydrogen) atoms. The summed E-state index contributed by atoms with van der Waals surface area (Å²) < 4.78 is 24.8. The molecule has 0 aliphatic heterocycles. The van der Waals surface area contributed by atoms with E-state index in [1.54, 1.807) is 6.07 Å². The fraction of sp³-hybridized carbons (Fsp3) is 0.400. The van der Waals surface area contributed by atoms with Gasteiger partial charge in [-0.25, -0.2) is 4.39 Å². The second-order valence-electron chi connectivity index (χ2n) is 2.95.